The summed E-state index contributed by atoms with van der Waals surface area (Å²) in [5, 5.41) is 11.3. The molecule has 7 heteroatoms. The van der Waals surface area contributed by atoms with E-state index in [4.69, 9.17) is 5.73 Å². The van der Waals surface area contributed by atoms with E-state index in [9.17, 15) is 8.78 Å². The van der Waals surface area contributed by atoms with Crippen LogP contribution in [-0.2, 0) is 0 Å². The third kappa shape index (κ3) is 2.05. The highest BCUT2D eigenvalue weighted by Crippen LogP contribution is 2.40. The van der Waals surface area contributed by atoms with Gasteiger partial charge in [0.1, 0.15) is 11.6 Å². The van der Waals surface area contributed by atoms with Crippen LogP contribution in [0.3, 0.4) is 0 Å². The summed E-state index contributed by atoms with van der Waals surface area (Å²) in [5.41, 5.74) is 5.48. The number of rotatable bonds is 3. The minimum absolute atomic E-state index is 0.0932. The minimum atomic E-state index is -0.782. The maximum Gasteiger partial charge on any atom is 0.185 e. The molecule has 0 saturated heterocycles. The summed E-state index contributed by atoms with van der Waals surface area (Å²) in [6, 6.07) is 2.08. The number of halogens is 2. The van der Waals surface area contributed by atoms with E-state index in [0.717, 1.165) is 18.9 Å². The van der Waals surface area contributed by atoms with E-state index in [1.807, 2.05) is 6.92 Å². The fraction of sp³-hybridized carbons (Fsp3) is 0.417. The van der Waals surface area contributed by atoms with Crippen LogP contribution in [0.1, 0.15) is 25.8 Å². The van der Waals surface area contributed by atoms with Gasteiger partial charge in [-0.05, 0) is 42.2 Å². The lowest BCUT2D eigenvalue weighted by Gasteiger charge is -2.13. The van der Waals surface area contributed by atoms with Crippen molar-refractivity contribution in [1.82, 2.24) is 20.2 Å². The molecule has 1 fully saturated rings. The molecule has 19 heavy (non-hydrogen) atoms. The first-order valence-corrected chi connectivity index (χ1v) is 6.10. The molecule has 0 spiro atoms. The molecule has 3 rings (SSSR count). The van der Waals surface area contributed by atoms with Crippen molar-refractivity contribution >= 4 is 5.69 Å². The quantitative estimate of drug-likeness (QED) is 0.863. The molecule has 5 nitrogen and oxygen atoms in total. The fourth-order valence-electron chi connectivity index (χ4n) is 2.16. The Hall–Kier alpha value is -2.05. The van der Waals surface area contributed by atoms with E-state index in [2.05, 4.69) is 15.5 Å². The molecule has 1 aliphatic carbocycles. The van der Waals surface area contributed by atoms with Crippen LogP contribution in [0.15, 0.2) is 12.1 Å². The summed E-state index contributed by atoms with van der Waals surface area (Å²) in [6.07, 6.45) is 2.24. The van der Waals surface area contributed by atoms with Crippen LogP contribution < -0.4 is 5.73 Å². The first-order valence-electron chi connectivity index (χ1n) is 6.10. The molecule has 2 aromatic rings. The molecule has 1 saturated carbocycles. The number of hydrogen-bond donors (Lipinski definition) is 1. The first-order chi connectivity index (χ1) is 9.08. The third-order valence-electron chi connectivity index (χ3n) is 3.51. The molecule has 0 bridgehead atoms. The maximum absolute atomic E-state index is 13.8. The second kappa shape index (κ2) is 4.25. The second-order valence-corrected chi connectivity index (χ2v) is 4.88. The van der Waals surface area contributed by atoms with Crippen molar-refractivity contribution in [3.8, 4) is 11.4 Å². The number of nitrogen functional groups attached to an aromatic ring is 1. The molecule has 1 atom stereocenters. The number of anilines is 1. The van der Waals surface area contributed by atoms with Gasteiger partial charge in [0.05, 0.1) is 17.3 Å². The van der Waals surface area contributed by atoms with E-state index in [-0.39, 0.29) is 23.1 Å². The van der Waals surface area contributed by atoms with Crippen molar-refractivity contribution in [2.75, 3.05) is 5.73 Å². The number of nitrogens with zero attached hydrogens (tertiary/aromatic N) is 4. The Morgan fingerprint density at radius 3 is 2.74 bits per heavy atom. The SMILES string of the molecule is CC(C1CC1)n1nnnc1-c1cc(N)c(F)cc1F. The molecule has 2 N–H and O–H groups in total. The monoisotopic (exact) mass is 265 g/mol. The summed E-state index contributed by atoms with van der Waals surface area (Å²) in [7, 11) is 0. The number of hydrogen-bond acceptors (Lipinski definition) is 4. The summed E-state index contributed by atoms with van der Waals surface area (Å²) >= 11 is 0. The zero-order valence-electron chi connectivity index (χ0n) is 10.3. The van der Waals surface area contributed by atoms with Gasteiger partial charge in [-0.2, -0.15) is 0 Å². The number of nitrogens with two attached hydrogens (primary N) is 1. The van der Waals surface area contributed by atoms with Crippen molar-refractivity contribution in [2.24, 2.45) is 5.92 Å². The Morgan fingerprint density at radius 1 is 1.32 bits per heavy atom. The molecule has 0 radical (unpaired) electrons. The van der Waals surface area contributed by atoms with Crippen molar-refractivity contribution in [3.63, 3.8) is 0 Å². The van der Waals surface area contributed by atoms with Crippen LogP contribution in [0.25, 0.3) is 11.4 Å². The van der Waals surface area contributed by atoms with E-state index in [0.29, 0.717) is 5.92 Å². The van der Waals surface area contributed by atoms with Gasteiger partial charge in [-0.15, -0.1) is 5.10 Å². The molecule has 1 aliphatic rings. The third-order valence-corrected chi connectivity index (χ3v) is 3.51. The second-order valence-electron chi connectivity index (χ2n) is 4.88. The Bertz CT molecular complexity index is 621. The highest BCUT2D eigenvalue weighted by atomic mass is 19.1. The molecule has 0 amide bonds. The van der Waals surface area contributed by atoms with Gasteiger partial charge in [-0.1, -0.05) is 0 Å². The summed E-state index contributed by atoms with van der Waals surface area (Å²) in [5.74, 6) is -0.701. The average Bonchev–Trinajstić information content (AvgIpc) is 3.11. The molecule has 1 aromatic carbocycles. The molecular formula is C12H13F2N5. The lowest BCUT2D eigenvalue weighted by molar-refractivity contribution is 0.432. The van der Waals surface area contributed by atoms with Gasteiger partial charge < -0.3 is 5.73 Å². The lowest BCUT2D eigenvalue weighted by Crippen LogP contribution is -2.11. The van der Waals surface area contributed by atoms with Crippen LogP contribution in [0.2, 0.25) is 0 Å². The summed E-state index contributed by atoms with van der Waals surface area (Å²) in [4.78, 5) is 0. The highest BCUT2D eigenvalue weighted by molar-refractivity contribution is 5.62. The zero-order chi connectivity index (χ0) is 13.6. The lowest BCUT2D eigenvalue weighted by atomic mass is 10.1. The van der Waals surface area contributed by atoms with Gasteiger partial charge in [-0.25, -0.2) is 13.5 Å². The molecule has 1 unspecified atom stereocenters. The van der Waals surface area contributed by atoms with E-state index >= 15 is 0 Å². The fourth-order valence-corrected chi connectivity index (χ4v) is 2.16. The molecule has 1 aromatic heterocycles. The number of aromatic nitrogens is 4. The highest BCUT2D eigenvalue weighted by Gasteiger charge is 2.32. The van der Waals surface area contributed by atoms with Crippen molar-refractivity contribution in [3.05, 3.63) is 23.8 Å². The minimum Gasteiger partial charge on any atom is -0.396 e. The van der Waals surface area contributed by atoms with E-state index < -0.39 is 11.6 Å². The van der Waals surface area contributed by atoms with Crippen LogP contribution in [0.4, 0.5) is 14.5 Å². The summed E-state index contributed by atoms with van der Waals surface area (Å²) < 4.78 is 28.6. The van der Waals surface area contributed by atoms with Gasteiger partial charge in [0.2, 0.25) is 0 Å². The Balaban J connectivity index is 2.07. The van der Waals surface area contributed by atoms with Crippen molar-refractivity contribution < 1.29 is 8.78 Å². The zero-order valence-corrected chi connectivity index (χ0v) is 10.3. The summed E-state index contributed by atoms with van der Waals surface area (Å²) in [6.45, 7) is 1.99. The molecular weight excluding hydrogens is 252 g/mol. The van der Waals surface area contributed by atoms with Crippen molar-refractivity contribution in [2.45, 2.75) is 25.8 Å². The molecule has 1 heterocycles. The molecule has 100 valence electrons. The van der Waals surface area contributed by atoms with Crippen LogP contribution in [-0.4, -0.2) is 20.2 Å². The number of tetrazole rings is 1. The van der Waals surface area contributed by atoms with Crippen LogP contribution in [0.5, 0.6) is 0 Å². The topological polar surface area (TPSA) is 69.6 Å². The smallest absolute Gasteiger partial charge is 0.185 e. The van der Waals surface area contributed by atoms with Gasteiger partial charge >= 0.3 is 0 Å². The molecule has 0 aliphatic heterocycles. The Kier molecular flexibility index (Phi) is 2.69. The van der Waals surface area contributed by atoms with Crippen molar-refractivity contribution in [1.29, 1.82) is 0 Å². The first kappa shape index (κ1) is 12.0. The largest absolute Gasteiger partial charge is 0.396 e. The Morgan fingerprint density at radius 2 is 2.05 bits per heavy atom. The van der Waals surface area contributed by atoms with Gasteiger partial charge in [0.25, 0.3) is 0 Å². The Labute approximate surface area is 108 Å². The average molecular weight is 265 g/mol. The normalized spacial score (nSPS) is 16.6. The van der Waals surface area contributed by atoms with Gasteiger partial charge in [-0.3, -0.25) is 0 Å². The number of benzene rings is 1. The van der Waals surface area contributed by atoms with E-state index in [1.165, 1.54) is 6.07 Å². The predicted molar refractivity (Wildman–Crippen MR) is 65.0 cm³/mol. The van der Waals surface area contributed by atoms with Gasteiger partial charge in [0, 0.05) is 6.07 Å². The van der Waals surface area contributed by atoms with Crippen LogP contribution >= 0.6 is 0 Å². The van der Waals surface area contributed by atoms with Gasteiger partial charge in [0.15, 0.2) is 5.82 Å². The predicted octanol–water partition coefficient (Wildman–Crippen LogP) is 2.17. The standard InChI is InChI=1S/C12H13F2N5/c1-6(7-2-3-7)19-12(16-17-18-19)8-4-11(15)10(14)5-9(8)13/h4-7H,2-3,15H2,1H3. The maximum atomic E-state index is 13.8. The van der Waals surface area contributed by atoms with E-state index in [1.54, 1.807) is 4.68 Å². The van der Waals surface area contributed by atoms with Crippen LogP contribution in [0, 0.1) is 17.6 Å².